The summed E-state index contributed by atoms with van der Waals surface area (Å²) in [5, 5.41) is 7.04. The first-order valence-corrected chi connectivity index (χ1v) is 11.7. The molecule has 0 bridgehead atoms. The van der Waals surface area contributed by atoms with Gasteiger partial charge >= 0.3 is 0 Å². The predicted octanol–water partition coefficient (Wildman–Crippen LogP) is 3.32. The summed E-state index contributed by atoms with van der Waals surface area (Å²) in [6, 6.07) is 7.56. The Morgan fingerprint density at radius 1 is 1.31 bits per heavy atom. The van der Waals surface area contributed by atoms with Crippen molar-refractivity contribution in [3.05, 3.63) is 70.3 Å². The van der Waals surface area contributed by atoms with Crippen molar-refractivity contribution in [2.45, 2.75) is 38.6 Å². The fourth-order valence-corrected chi connectivity index (χ4v) is 4.96. The number of nitrogens with two attached hydrogens (primary N) is 1. The van der Waals surface area contributed by atoms with Gasteiger partial charge in [-0.1, -0.05) is 13.3 Å². The molecule has 9 heteroatoms. The van der Waals surface area contributed by atoms with Gasteiger partial charge in [-0.25, -0.2) is 4.98 Å². The number of nitrogens with zero attached hydrogens (tertiary/aromatic N) is 4. The molecule has 2 aromatic rings. The Morgan fingerprint density at radius 3 is 2.88 bits per heavy atom. The summed E-state index contributed by atoms with van der Waals surface area (Å²) in [5.41, 5.74) is 3.27. The van der Waals surface area contributed by atoms with Crippen molar-refractivity contribution < 1.29 is 9.39 Å². The van der Waals surface area contributed by atoms with Crippen LogP contribution in [0.5, 0.6) is 0 Å². The van der Waals surface area contributed by atoms with Crippen molar-refractivity contribution in [1.82, 2.24) is 10.3 Å². The number of fused-ring (bicyclic) bond motifs is 1. The van der Waals surface area contributed by atoms with Gasteiger partial charge in [0.1, 0.15) is 11.9 Å². The van der Waals surface area contributed by atoms with Gasteiger partial charge < -0.3 is 5.32 Å². The van der Waals surface area contributed by atoms with Crippen LogP contribution in [0.3, 0.4) is 0 Å². The third kappa shape index (κ3) is 3.73. The Bertz CT molecular complexity index is 1160. The van der Waals surface area contributed by atoms with Crippen LogP contribution < -0.4 is 16.5 Å². The Balaban J connectivity index is 1.40. The summed E-state index contributed by atoms with van der Waals surface area (Å²) in [6.07, 6.45) is 11.4. The lowest BCUT2D eigenvalue weighted by atomic mass is 10.0. The van der Waals surface area contributed by atoms with E-state index < -0.39 is 0 Å². The zero-order chi connectivity index (χ0) is 22.1. The van der Waals surface area contributed by atoms with E-state index in [1.807, 2.05) is 24.5 Å². The molecule has 0 aliphatic carbocycles. The molecule has 3 aliphatic heterocycles. The summed E-state index contributed by atoms with van der Waals surface area (Å²) in [7, 11) is 0. The first-order chi connectivity index (χ1) is 15.6. The predicted molar refractivity (Wildman–Crippen MR) is 127 cm³/mol. The molecule has 0 saturated carbocycles. The van der Waals surface area contributed by atoms with Crippen molar-refractivity contribution >= 4 is 34.4 Å². The number of hydrogen-bond acceptors (Lipinski definition) is 7. The number of aryl methyl sites for hydroxylation is 1. The molecule has 3 aliphatic rings. The molecular weight excluding hydrogens is 422 g/mol. The molecule has 32 heavy (non-hydrogen) atoms. The molecule has 8 nitrogen and oxygen atoms in total. The van der Waals surface area contributed by atoms with Crippen molar-refractivity contribution in [3.63, 3.8) is 0 Å². The molecule has 1 aromatic carbocycles. The first-order valence-electron chi connectivity index (χ1n) is 10.9. The molecular formula is C23H26N7OS+. The monoisotopic (exact) mass is 448 g/mol. The highest BCUT2D eigenvalue weighted by Gasteiger charge is 2.45. The average Bonchev–Trinajstić information content (AvgIpc) is 3.41. The highest BCUT2D eigenvalue weighted by molar-refractivity contribution is 7.15. The Kier molecular flexibility index (Phi) is 5.56. The quantitative estimate of drug-likeness (QED) is 0.482. The van der Waals surface area contributed by atoms with Gasteiger partial charge in [-0.15, -0.1) is 15.9 Å². The van der Waals surface area contributed by atoms with Crippen LogP contribution in [0, 0.1) is 0 Å². The van der Waals surface area contributed by atoms with Crippen molar-refractivity contribution in [1.29, 1.82) is 0 Å². The minimum Gasteiger partial charge on any atom is -0.308 e. The van der Waals surface area contributed by atoms with Crippen molar-refractivity contribution in [3.8, 4) is 0 Å². The van der Waals surface area contributed by atoms with Gasteiger partial charge in [0.2, 0.25) is 5.70 Å². The first kappa shape index (κ1) is 20.9. The van der Waals surface area contributed by atoms with Gasteiger partial charge in [0.25, 0.3) is 11.7 Å². The number of nitrogens with one attached hydrogen (secondary N) is 2. The maximum absolute atomic E-state index is 12.6. The minimum absolute atomic E-state index is 0.0124. The number of amidine groups is 1. The number of carbonyl (C=O) groups excluding carboxylic acids is 1. The molecule has 1 saturated heterocycles. The van der Waals surface area contributed by atoms with Gasteiger partial charge in [-0.2, -0.15) is 10.8 Å². The summed E-state index contributed by atoms with van der Waals surface area (Å²) in [5.74, 6) is 7.35. The van der Waals surface area contributed by atoms with Gasteiger partial charge in [0.15, 0.2) is 5.13 Å². The number of quaternary nitrogens is 1. The van der Waals surface area contributed by atoms with Crippen LogP contribution in [0.15, 0.2) is 64.2 Å². The van der Waals surface area contributed by atoms with Crippen LogP contribution in [-0.4, -0.2) is 40.1 Å². The van der Waals surface area contributed by atoms with Crippen LogP contribution in [0.2, 0.25) is 0 Å². The molecule has 4 heterocycles. The lowest BCUT2D eigenvalue weighted by Crippen LogP contribution is -2.53. The van der Waals surface area contributed by atoms with Crippen LogP contribution in [-0.2, 0) is 6.42 Å². The number of hydrogen-bond donors (Lipinski definition) is 3. The van der Waals surface area contributed by atoms with E-state index >= 15 is 0 Å². The second-order valence-electron chi connectivity index (χ2n) is 8.08. The molecule has 2 atom stereocenters. The van der Waals surface area contributed by atoms with E-state index in [0.717, 1.165) is 47.1 Å². The lowest BCUT2D eigenvalue weighted by Gasteiger charge is -2.27. The SMILES string of the molecule is CCc1cnc(NC(=O)c2ccc(C3=NC(C4CCCCN4)=C4C=NC=C[N+]34N)cc2)s1. The molecule has 2 unspecified atom stereocenters. The maximum Gasteiger partial charge on any atom is 0.264 e. The average molecular weight is 449 g/mol. The normalized spacial score (nSPS) is 24.4. The Morgan fingerprint density at radius 2 is 2.16 bits per heavy atom. The van der Waals surface area contributed by atoms with Crippen LogP contribution in [0.25, 0.3) is 0 Å². The fraction of sp³-hybridized carbons (Fsp3) is 0.304. The summed E-state index contributed by atoms with van der Waals surface area (Å²) in [6.45, 7) is 3.04. The topological polar surface area (TPSA) is 105 Å². The Hall–Kier alpha value is -2.98. The van der Waals surface area contributed by atoms with E-state index in [1.54, 1.807) is 24.5 Å². The summed E-state index contributed by atoms with van der Waals surface area (Å²) >= 11 is 1.49. The number of amides is 1. The number of allylic oxidation sites excluding steroid dienone is 1. The standard InChI is InChI=1S/C23H25N7OS/c1-2-17-13-27-23(32-17)29-22(31)16-8-6-15(7-9-16)21-28-20(18-5-3-4-10-26-18)19-14-25-11-12-30(19,21)24/h6-9,11-14,18,26H,2-5,10,24H2,1H3/p+1. The number of carbonyl (C=O) groups is 1. The maximum atomic E-state index is 12.6. The summed E-state index contributed by atoms with van der Waals surface area (Å²) in [4.78, 5) is 27.3. The molecule has 164 valence electrons. The molecule has 5 rings (SSSR count). The highest BCUT2D eigenvalue weighted by atomic mass is 32.1. The number of thiazole rings is 1. The highest BCUT2D eigenvalue weighted by Crippen LogP contribution is 2.34. The van der Waals surface area contributed by atoms with Gasteiger partial charge in [0, 0.05) is 16.6 Å². The van der Waals surface area contributed by atoms with Crippen LogP contribution in [0.4, 0.5) is 5.13 Å². The molecule has 4 N–H and O–H groups in total. The molecule has 0 radical (unpaired) electrons. The number of piperidine rings is 1. The van der Waals surface area contributed by atoms with E-state index in [2.05, 4.69) is 27.5 Å². The number of rotatable bonds is 5. The van der Waals surface area contributed by atoms with Crippen molar-refractivity contribution in [2.24, 2.45) is 15.8 Å². The Labute approximate surface area is 190 Å². The third-order valence-corrected chi connectivity index (χ3v) is 7.05. The zero-order valence-corrected chi connectivity index (χ0v) is 18.7. The van der Waals surface area contributed by atoms with E-state index in [-0.39, 0.29) is 16.5 Å². The van der Waals surface area contributed by atoms with Crippen LogP contribution in [0.1, 0.15) is 47.0 Å². The van der Waals surface area contributed by atoms with E-state index in [4.69, 9.17) is 10.8 Å². The number of aromatic nitrogens is 1. The van der Waals surface area contributed by atoms with Crippen LogP contribution >= 0.6 is 11.3 Å². The zero-order valence-electron chi connectivity index (χ0n) is 17.9. The van der Waals surface area contributed by atoms with Gasteiger partial charge in [0.05, 0.1) is 24.0 Å². The van der Waals surface area contributed by atoms with E-state index in [0.29, 0.717) is 10.7 Å². The number of aliphatic imine (C=N–C) groups is 2. The second kappa shape index (κ2) is 8.51. The lowest BCUT2D eigenvalue weighted by molar-refractivity contribution is -0.750. The number of benzene rings is 1. The second-order valence-corrected chi connectivity index (χ2v) is 9.19. The smallest absolute Gasteiger partial charge is 0.264 e. The largest absolute Gasteiger partial charge is 0.308 e. The van der Waals surface area contributed by atoms with Crippen molar-refractivity contribution in [2.75, 3.05) is 11.9 Å². The molecule has 0 spiro atoms. The van der Waals surface area contributed by atoms with Gasteiger partial charge in [-0.3, -0.25) is 15.1 Å². The molecule has 1 fully saturated rings. The minimum atomic E-state index is -0.186. The van der Waals surface area contributed by atoms with E-state index in [9.17, 15) is 4.79 Å². The van der Waals surface area contributed by atoms with Gasteiger partial charge in [-0.05, 0) is 50.1 Å². The third-order valence-electron chi connectivity index (χ3n) is 5.99. The molecule has 1 amide bonds. The fourth-order valence-electron chi connectivity index (χ4n) is 4.22. The number of anilines is 1. The van der Waals surface area contributed by atoms with E-state index in [1.165, 1.54) is 24.2 Å². The molecule has 1 aromatic heterocycles. The summed E-state index contributed by atoms with van der Waals surface area (Å²) < 4.78 is -0.0124.